The fourth-order valence-electron chi connectivity index (χ4n) is 1.66. The van der Waals surface area contributed by atoms with Crippen molar-refractivity contribution in [2.45, 2.75) is 46.7 Å². The van der Waals surface area contributed by atoms with Crippen molar-refractivity contribution < 1.29 is 0 Å². The van der Waals surface area contributed by atoms with Crippen LogP contribution in [0, 0.1) is 13.8 Å². The van der Waals surface area contributed by atoms with E-state index < -0.39 is 0 Å². The fourth-order valence-corrected chi connectivity index (χ4v) is 1.66. The van der Waals surface area contributed by atoms with E-state index in [2.05, 4.69) is 25.9 Å². The van der Waals surface area contributed by atoms with Crippen LogP contribution < -0.4 is 5.73 Å². The van der Waals surface area contributed by atoms with Crippen LogP contribution in [0.2, 0.25) is 0 Å². The molecule has 1 rings (SSSR count). The lowest BCUT2D eigenvalue weighted by Crippen LogP contribution is -2.18. The van der Waals surface area contributed by atoms with E-state index in [1.54, 1.807) is 0 Å². The highest BCUT2D eigenvalue weighted by atomic mass is 15.3. The third-order valence-electron chi connectivity index (χ3n) is 2.36. The van der Waals surface area contributed by atoms with Gasteiger partial charge >= 0.3 is 0 Å². The van der Waals surface area contributed by atoms with Gasteiger partial charge in [0.25, 0.3) is 0 Å². The number of nitrogens with two attached hydrogens (primary N) is 1. The van der Waals surface area contributed by atoms with Crippen LogP contribution in [-0.4, -0.2) is 15.8 Å². The first kappa shape index (κ1) is 10.3. The molecule has 0 aliphatic rings. The Labute approximate surface area is 79.9 Å². The monoisotopic (exact) mass is 181 g/mol. The van der Waals surface area contributed by atoms with Crippen LogP contribution in [0.3, 0.4) is 0 Å². The Hall–Kier alpha value is -0.830. The molecule has 0 bridgehead atoms. The van der Waals surface area contributed by atoms with E-state index in [4.69, 9.17) is 5.73 Å². The standard InChI is InChI=1S/C10H19N3/c1-5-13-9(4)10(6-7(2)11)8(3)12-13/h7H,5-6,11H2,1-4H3/t7-/m1/s1. The van der Waals surface area contributed by atoms with Gasteiger partial charge in [0.1, 0.15) is 0 Å². The van der Waals surface area contributed by atoms with Gasteiger partial charge in [-0.2, -0.15) is 5.10 Å². The van der Waals surface area contributed by atoms with Crippen LogP contribution in [0.15, 0.2) is 0 Å². The molecular formula is C10H19N3. The van der Waals surface area contributed by atoms with Crippen LogP contribution >= 0.6 is 0 Å². The molecule has 3 heteroatoms. The molecule has 0 unspecified atom stereocenters. The molecule has 0 radical (unpaired) electrons. The Morgan fingerprint density at radius 2 is 2.08 bits per heavy atom. The zero-order valence-electron chi connectivity index (χ0n) is 8.96. The quantitative estimate of drug-likeness (QED) is 0.766. The highest BCUT2D eigenvalue weighted by Crippen LogP contribution is 2.14. The van der Waals surface area contributed by atoms with Crippen molar-refractivity contribution in [3.63, 3.8) is 0 Å². The van der Waals surface area contributed by atoms with E-state index >= 15 is 0 Å². The predicted octanol–water partition coefficient (Wildman–Crippen LogP) is 1.41. The molecule has 1 aromatic heterocycles. The maximum Gasteiger partial charge on any atom is 0.0629 e. The van der Waals surface area contributed by atoms with Crippen LogP contribution in [0.4, 0.5) is 0 Å². The van der Waals surface area contributed by atoms with Crippen LogP contribution in [0.1, 0.15) is 30.8 Å². The van der Waals surface area contributed by atoms with Crippen LogP contribution in [-0.2, 0) is 13.0 Å². The first-order chi connectivity index (χ1) is 6.06. The summed E-state index contributed by atoms with van der Waals surface area (Å²) in [6.45, 7) is 9.24. The fraction of sp³-hybridized carbons (Fsp3) is 0.700. The summed E-state index contributed by atoms with van der Waals surface area (Å²) in [6.07, 6.45) is 0.928. The average molecular weight is 181 g/mol. The number of aryl methyl sites for hydroxylation is 2. The number of nitrogens with zero attached hydrogens (tertiary/aromatic N) is 2. The summed E-state index contributed by atoms with van der Waals surface area (Å²) in [4.78, 5) is 0. The molecule has 1 heterocycles. The summed E-state index contributed by atoms with van der Waals surface area (Å²) in [5, 5.41) is 4.44. The van der Waals surface area contributed by atoms with Gasteiger partial charge in [-0.1, -0.05) is 0 Å². The molecule has 0 amide bonds. The van der Waals surface area contributed by atoms with Gasteiger partial charge < -0.3 is 5.73 Å². The first-order valence-electron chi connectivity index (χ1n) is 4.84. The van der Waals surface area contributed by atoms with Crippen LogP contribution in [0.25, 0.3) is 0 Å². The minimum absolute atomic E-state index is 0.215. The molecule has 0 aliphatic heterocycles. The third kappa shape index (κ3) is 2.10. The Balaban J connectivity index is 2.98. The average Bonchev–Trinajstić information content (AvgIpc) is 2.31. The summed E-state index contributed by atoms with van der Waals surface area (Å²) in [7, 11) is 0. The SMILES string of the molecule is CCn1nc(C)c(C[C@@H](C)N)c1C. The van der Waals surface area contributed by atoms with Gasteiger partial charge in [-0.05, 0) is 39.7 Å². The van der Waals surface area contributed by atoms with Gasteiger partial charge in [0, 0.05) is 18.3 Å². The minimum atomic E-state index is 0.215. The summed E-state index contributed by atoms with van der Waals surface area (Å²) in [5.41, 5.74) is 9.48. The van der Waals surface area contributed by atoms with Gasteiger partial charge in [-0.3, -0.25) is 4.68 Å². The van der Waals surface area contributed by atoms with Crippen molar-refractivity contribution in [2.24, 2.45) is 5.73 Å². The molecule has 1 aromatic rings. The Kier molecular flexibility index (Phi) is 3.09. The summed E-state index contributed by atoms with van der Waals surface area (Å²) >= 11 is 0. The lowest BCUT2D eigenvalue weighted by molar-refractivity contribution is 0.632. The number of hydrogen-bond acceptors (Lipinski definition) is 2. The topological polar surface area (TPSA) is 43.8 Å². The molecule has 2 N–H and O–H groups in total. The number of hydrogen-bond donors (Lipinski definition) is 1. The largest absolute Gasteiger partial charge is 0.328 e. The summed E-state index contributed by atoms with van der Waals surface area (Å²) in [6, 6.07) is 0.215. The van der Waals surface area contributed by atoms with E-state index in [1.807, 2.05) is 11.6 Å². The van der Waals surface area contributed by atoms with Gasteiger partial charge in [0.15, 0.2) is 0 Å². The van der Waals surface area contributed by atoms with Gasteiger partial charge in [0.2, 0.25) is 0 Å². The Morgan fingerprint density at radius 3 is 2.46 bits per heavy atom. The summed E-state index contributed by atoms with van der Waals surface area (Å²) in [5.74, 6) is 0. The molecule has 74 valence electrons. The molecule has 0 saturated carbocycles. The Bertz CT molecular complexity index is 287. The molecule has 0 spiro atoms. The number of aromatic nitrogens is 2. The molecule has 0 fully saturated rings. The van der Waals surface area contributed by atoms with Gasteiger partial charge in [-0.15, -0.1) is 0 Å². The maximum atomic E-state index is 5.78. The zero-order chi connectivity index (χ0) is 10.0. The Morgan fingerprint density at radius 1 is 1.46 bits per heavy atom. The molecule has 0 saturated heterocycles. The van der Waals surface area contributed by atoms with Crippen molar-refractivity contribution in [2.75, 3.05) is 0 Å². The van der Waals surface area contributed by atoms with Crippen molar-refractivity contribution in [1.82, 2.24) is 9.78 Å². The second-order valence-electron chi connectivity index (χ2n) is 3.65. The molecule has 3 nitrogen and oxygen atoms in total. The van der Waals surface area contributed by atoms with E-state index in [0.717, 1.165) is 18.7 Å². The highest BCUT2D eigenvalue weighted by molar-refractivity contribution is 5.25. The molecule has 0 aromatic carbocycles. The lowest BCUT2D eigenvalue weighted by Gasteiger charge is -2.05. The maximum absolute atomic E-state index is 5.78. The second-order valence-corrected chi connectivity index (χ2v) is 3.65. The van der Waals surface area contributed by atoms with E-state index in [-0.39, 0.29) is 6.04 Å². The van der Waals surface area contributed by atoms with E-state index in [0.29, 0.717) is 0 Å². The third-order valence-corrected chi connectivity index (χ3v) is 2.36. The molecule has 13 heavy (non-hydrogen) atoms. The predicted molar refractivity (Wildman–Crippen MR) is 54.7 cm³/mol. The van der Waals surface area contributed by atoms with Crippen molar-refractivity contribution in [3.8, 4) is 0 Å². The highest BCUT2D eigenvalue weighted by Gasteiger charge is 2.11. The number of rotatable bonds is 3. The van der Waals surface area contributed by atoms with E-state index in [1.165, 1.54) is 11.3 Å². The normalized spacial score (nSPS) is 13.3. The lowest BCUT2D eigenvalue weighted by atomic mass is 10.1. The van der Waals surface area contributed by atoms with Crippen molar-refractivity contribution in [3.05, 3.63) is 17.0 Å². The minimum Gasteiger partial charge on any atom is -0.328 e. The van der Waals surface area contributed by atoms with Gasteiger partial charge in [0.05, 0.1) is 5.69 Å². The van der Waals surface area contributed by atoms with Crippen molar-refractivity contribution in [1.29, 1.82) is 0 Å². The van der Waals surface area contributed by atoms with Gasteiger partial charge in [-0.25, -0.2) is 0 Å². The smallest absolute Gasteiger partial charge is 0.0629 e. The van der Waals surface area contributed by atoms with Crippen molar-refractivity contribution >= 4 is 0 Å². The van der Waals surface area contributed by atoms with Crippen LogP contribution in [0.5, 0.6) is 0 Å². The zero-order valence-corrected chi connectivity index (χ0v) is 8.96. The second kappa shape index (κ2) is 3.92. The first-order valence-corrected chi connectivity index (χ1v) is 4.84. The van der Waals surface area contributed by atoms with E-state index in [9.17, 15) is 0 Å². The summed E-state index contributed by atoms with van der Waals surface area (Å²) < 4.78 is 2.03. The molecular weight excluding hydrogens is 162 g/mol. The molecule has 1 atom stereocenters. The molecule has 0 aliphatic carbocycles.